The Labute approximate surface area is 301 Å². The van der Waals surface area contributed by atoms with Gasteiger partial charge in [0.15, 0.2) is 0 Å². The van der Waals surface area contributed by atoms with Crippen molar-refractivity contribution in [2.45, 2.75) is 85.2 Å². The van der Waals surface area contributed by atoms with Crippen molar-refractivity contribution in [3.63, 3.8) is 0 Å². The Morgan fingerprint density at radius 2 is 1.35 bits per heavy atom. The van der Waals surface area contributed by atoms with Gasteiger partial charge in [0.05, 0.1) is 25.2 Å². The van der Waals surface area contributed by atoms with Crippen molar-refractivity contribution in [3.8, 4) is 0 Å². The molecule has 4 aliphatic rings. The van der Waals surface area contributed by atoms with Gasteiger partial charge in [-0.25, -0.2) is 4.79 Å². The topological polar surface area (TPSA) is 121 Å². The van der Waals surface area contributed by atoms with E-state index in [1.807, 2.05) is 114 Å². The highest BCUT2D eigenvalue weighted by Gasteiger charge is 2.61. The molecule has 51 heavy (non-hydrogen) atoms. The van der Waals surface area contributed by atoms with Gasteiger partial charge in [0.1, 0.15) is 28.6 Å². The highest BCUT2D eigenvalue weighted by Crippen LogP contribution is 2.47. The molecule has 4 aliphatic heterocycles. The third kappa shape index (κ3) is 8.75. The first-order valence-corrected chi connectivity index (χ1v) is 18.0. The second kappa shape index (κ2) is 15.3. The van der Waals surface area contributed by atoms with E-state index in [0.717, 1.165) is 17.5 Å². The minimum absolute atomic E-state index is 0.0329. The number of ether oxygens (including phenoxy) is 5. The summed E-state index contributed by atoms with van der Waals surface area (Å²) >= 11 is 0. The van der Waals surface area contributed by atoms with Crippen LogP contribution in [0.25, 0.3) is 0 Å². The molecule has 0 N–H and O–H groups in total. The van der Waals surface area contributed by atoms with Crippen LogP contribution in [0.2, 0.25) is 0 Å². The van der Waals surface area contributed by atoms with Gasteiger partial charge in [-0.05, 0) is 78.4 Å². The number of carbonyl (C=O) groups is 4. The van der Waals surface area contributed by atoms with E-state index in [1.54, 1.807) is 4.90 Å². The maximum absolute atomic E-state index is 13.1. The second-order valence-corrected chi connectivity index (χ2v) is 16.2. The lowest BCUT2D eigenvalue weighted by molar-refractivity contribution is -0.179. The third-order valence-electron chi connectivity index (χ3n) is 10.1. The Morgan fingerprint density at radius 1 is 0.804 bits per heavy atom. The van der Waals surface area contributed by atoms with Gasteiger partial charge >= 0.3 is 18.0 Å². The molecule has 0 aliphatic carbocycles. The number of rotatable bonds is 6. The maximum Gasteiger partial charge on any atom is 0.410 e. The Morgan fingerprint density at radius 3 is 1.96 bits per heavy atom. The van der Waals surface area contributed by atoms with Crippen molar-refractivity contribution in [1.29, 1.82) is 0 Å². The van der Waals surface area contributed by atoms with E-state index in [2.05, 4.69) is 0 Å². The van der Waals surface area contributed by atoms with E-state index in [4.69, 9.17) is 23.7 Å². The monoisotopic (exact) mass is 706 g/mol. The number of amides is 2. The summed E-state index contributed by atoms with van der Waals surface area (Å²) in [6, 6.07) is 19.4. The summed E-state index contributed by atoms with van der Waals surface area (Å²) in [6.07, 6.45) is 0.906. The van der Waals surface area contributed by atoms with Gasteiger partial charge in [-0.1, -0.05) is 60.7 Å². The number of likely N-dealkylation sites (tertiary alicyclic amines) is 2. The van der Waals surface area contributed by atoms with E-state index in [1.165, 1.54) is 0 Å². The molecule has 0 spiro atoms. The maximum atomic E-state index is 13.1. The minimum Gasteiger partial charge on any atom is -0.459 e. The fourth-order valence-corrected chi connectivity index (χ4v) is 7.42. The molecule has 0 saturated carbocycles. The van der Waals surface area contributed by atoms with E-state index in [9.17, 15) is 19.2 Å². The lowest BCUT2D eigenvalue weighted by Gasteiger charge is -2.37. The Kier molecular flexibility index (Phi) is 11.5. The quantitative estimate of drug-likeness (QED) is 0.265. The molecule has 11 nitrogen and oxygen atoms in total. The first kappa shape index (κ1) is 38.3. The average molecular weight is 707 g/mol. The summed E-state index contributed by atoms with van der Waals surface area (Å²) in [6.45, 7) is 16.1. The number of hydrogen-bond donors (Lipinski definition) is 0. The lowest BCUT2D eigenvalue weighted by Crippen LogP contribution is -2.49. The highest BCUT2D eigenvalue weighted by atomic mass is 16.6. The zero-order valence-corrected chi connectivity index (χ0v) is 31.1. The number of nitrogens with zero attached hydrogens (tertiary/aromatic N) is 2. The van der Waals surface area contributed by atoms with Crippen LogP contribution in [-0.4, -0.2) is 91.0 Å². The second-order valence-electron chi connectivity index (χ2n) is 16.2. The van der Waals surface area contributed by atoms with Crippen LogP contribution in [0.3, 0.4) is 0 Å². The fraction of sp³-hybridized carbons (Fsp3) is 0.600. The molecule has 6 rings (SSSR count). The predicted molar refractivity (Wildman–Crippen MR) is 189 cm³/mol. The molecule has 4 fully saturated rings. The van der Waals surface area contributed by atoms with E-state index in [0.29, 0.717) is 32.7 Å². The smallest absolute Gasteiger partial charge is 0.410 e. The molecule has 2 aromatic carbocycles. The van der Waals surface area contributed by atoms with Gasteiger partial charge in [0.25, 0.3) is 0 Å². The summed E-state index contributed by atoms with van der Waals surface area (Å²) in [5, 5.41) is 0. The van der Waals surface area contributed by atoms with Gasteiger partial charge in [-0.3, -0.25) is 14.4 Å². The van der Waals surface area contributed by atoms with Crippen LogP contribution >= 0.6 is 0 Å². The molecule has 11 heteroatoms. The molecular formula is C40H54N2O9. The summed E-state index contributed by atoms with van der Waals surface area (Å²) < 4.78 is 28.0. The Bertz CT molecular complexity index is 1540. The Hall–Kier alpha value is -3.96. The summed E-state index contributed by atoms with van der Waals surface area (Å²) in [7, 11) is 0. The number of hydrogen-bond acceptors (Lipinski definition) is 9. The van der Waals surface area contributed by atoms with E-state index in [-0.39, 0.29) is 62.1 Å². The van der Waals surface area contributed by atoms with Crippen LogP contribution in [0.5, 0.6) is 0 Å². The lowest BCUT2D eigenvalue weighted by atomic mass is 9.75. The predicted octanol–water partition coefficient (Wildman–Crippen LogP) is 5.96. The van der Waals surface area contributed by atoms with Crippen LogP contribution < -0.4 is 0 Å². The first-order valence-electron chi connectivity index (χ1n) is 18.0. The zero-order chi connectivity index (χ0) is 37.0. The van der Waals surface area contributed by atoms with Gasteiger partial charge in [0, 0.05) is 32.8 Å². The largest absolute Gasteiger partial charge is 0.459 e. The van der Waals surface area contributed by atoms with Gasteiger partial charge in [-0.2, -0.15) is 0 Å². The fourth-order valence-electron chi connectivity index (χ4n) is 7.42. The van der Waals surface area contributed by atoms with Crippen LogP contribution in [-0.2, 0) is 44.7 Å². The van der Waals surface area contributed by atoms with E-state index < -0.39 is 28.1 Å². The minimum atomic E-state index is -0.897. The third-order valence-corrected chi connectivity index (χ3v) is 10.1. The van der Waals surface area contributed by atoms with Gasteiger partial charge in [0.2, 0.25) is 5.91 Å². The molecule has 0 unspecified atom stereocenters. The molecule has 5 atom stereocenters. The average Bonchev–Trinajstić information content (AvgIpc) is 3.64. The number of carbonyl (C=O) groups excluding carboxylic acids is 4. The molecule has 0 bridgehead atoms. The Balaban J connectivity index is 0.000000198. The molecule has 278 valence electrons. The van der Waals surface area contributed by atoms with Crippen molar-refractivity contribution >= 4 is 23.9 Å². The number of esters is 2. The first-order chi connectivity index (χ1) is 24.0. The molecule has 0 aromatic heterocycles. The standard InChI is InChI=1S/C20H27NO5.C20H27NO4/c1-19(2,3)26-17(22)20-13-21(11-16(20)9-10-24-14-20)18(23)25-12-15-7-5-4-6-8-15;1-14(15-8-6-5-7-9-15)21-12-20(18(23)25-19(2,3)4)13-24-11-10-16(20)17(21)22/h4-8,16H,9-14H2,1-3H3;5-9,14,16H,10-13H2,1-4H3/t16-,20-;14-,16+,20+/m01/s1. The summed E-state index contributed by atoms with van der Waals surface area (Å²) in [5.74, 6) is -0.892. The molecule has 4 saturated heterocycles. The molecule has 4 heterocycles. The van der Waals surface area contributed by atoms with Gasteiger partial charge < -0.3 is 33.5 Å². The number of benzene rings is 2. The van der Waals surface area contributed by atoms with Crippen molar-refractivity contribution < 1.29 is 42.9 Å². The van der Waals surface area contributed by atoms with Crippen molar-refractivity contribution in [2.75, 3.05) is 46.1 Å². The molecular weight excluding hydrogens is 652 g/mol. The summed E-state index contributed by atoms with van der Waals surface area (Å²) in [5.41, 5.74) is -0.856. The summed E-state index contributed by atoms with van der Waals surface area (Å²) in [4.78, 5) is 54.9. The highest BCUT2D eigenvalue weighted by molar-refractivity contribution is 5.92. The number of fused-ring (bicyclic) bond motifs is 2. The van der Waals surface area contributed by atoms with Crippen LogP contribution in [0.15, 0.2) is 60.7 Å². The van der Waals surface area contributed by atoms with Crippen LogP contribution in [0.4, 0.5) is 4.79 Å². The van der Waals surface area contributed by atoms with E-state index >= 15 is 0 Å². The normalized spacial score (nSPS) is 26.6. The molecule has 0 radical (unpaired) electrons. The SMILES string of the molecule is CC(C)(C)OC(=O)[C@@]12COCC[C@H]1CN(C(=O)OCc1ccccc1)C2.C[C@H](c1ccccc1)N1C[C@]2(C(=O)OC(C)(C)C)COCC[C@H]2C1=O. The van der Waals surface area contributed by atoms with Gasteiger partial charge in [-0.15, -0.1) is 0 Å². The van der Waals surface area contributed by atoms with Crippen molar-refractivity contribution in [3.05, 3.63) is 71.8 Å². The van der Waals surface area contributed by atoms with Crippen LogP contribution in [0, 0.1) is 22.7 Å². The molecule has 2 amide bonds. The van der Waals surface area contributed by atoms with Crippen LogP contribution in [0.1, 0.15) is 78.5 Å². The molecule has 2 aromatic rings. The zero-order valence-electron chi connectivity index (χ0n) is 31.1. The van der Waals surface area contributed by atoms with Crippen molar-refractivity contribution in [2.24, 2.45) is 22.7 Å². The van der Waals surface area contributed by atoms with Crippen molar-refractivity contribution in [1.82, 2.24) is 9.80 Å².